The fourth-order valence-electron chi connectivity index (χ4n) is 3.80. The molecule has 1 fully saturated rings. The van der Waals surface area contributed by atoms with E-state index in [0.29, 0.717) is 17.4 Å². The van der Waals surface area contributed by atoms with Gasteiger partial charge in [-0.05, 0) is 52.8 Å². The molecule has 0 amide bonds. The van der Waals surface area contributed by atoms with Crippen LogP contribution in [0.15, 0.2) is 42.5 Å². The standard InChI is InChI=1S/C20H27N/c1-20(2,3)17-10-11-19(21)18(13-17)16-9-8-14-6-4-5-7-15(14)12-16/h4-9,12,17-19H,10-11,13,21H2,1-3H3. The van der Waals surface area contributed by atoms with Crippen molar-refractivity contribution < 1.29 is 0 Å². The van der Waals surface area contributed by atoms with Gasteiger partial charge in [-0.1, -0.05) is 63.2 Å². The van der Waals surface area contributed by atoms with Crippen molar-refractivity contribution in [3.8, 4) is 0 Å². The number of hydrogen-bond donors (Lipinski definition) is 1. The molecule has 2 N–H and O–H groups in total. The fourth-order valence-corrected chi connectivity index (χ4v) is 3.80. The summed E-state index contributed by atoms with van der Waals surface area (Å²) in [7, 11) is 0. The molecule has 112 valence electrons. The summed E-state index contributed by atoms with van der Waals surface area (Å²) in [6.45, 7) is 7.10. The van der Waals surface area contributed by atoms with Crippen molar-refractivity contribution in [2.24, 2.45) is 17.1 Å². The Hall–Kier alpha value is -1.34. The van der Waals surface area contributed by atoms with Gasteiger partial charge in [-0.15, -0.1) is 0 Å². The zero-order valence-electron chi connectivity index (χ0n) is 13.5. The van der Waals surface area contributed by atoms with E-state index in [-0.39, 0.29) is 0 Å². The van der Waals surface area contributed by atoms with Gasteiger partial charge in [0.15, 0.2) is 0 Å². The molecule has 1 aliphatic carbocycles. The molecule has 3 rings (SSSR count). The summed E-state index contributed by atoms with van der Waals surface area (Å²) in [5.41, 5.74) is 8.27. The minimum atomic E-state index is 0.310. The summed E-state index contributed by atoms with van der Waals surface area (Å²) in [4.78, 5) is 0. The van der Waals surface area contributed by atoms with Gasteiger partial charge in [0.2, 0.25) is 0 Å². The second kappa shape index (κ2) is 5.46. The first kappa shape index (κ1) is 14.6. The number of rotatable bonds is 1. The van der Waals surface area contributed by atoms with Crippen molar-refractivity contribution in [1.29, 1.82) is 0 Å². The number of benzene rings is 2. The lowest BCUT2D eigenvalue weighted by Gasteiger charge is -2.41. The van der Waals surface area contributed by atoms with Crippen molar-refractivity contribution in [3.05, 3.63) is 48.0 Å². The molecule has 2 aromatic rings. The van der Waals surface area contributed by atoms with Gasteiger partial charge in [-0.25, -0.2) is 0 Å². The SMILES string of the molecule is CC(C)(C)C1CCC(N)C(c2ccc3ccccc3c2)C1. The highest BCUT2D eigenvalue weighted by Crippen LogP contribution is 2.43. The predicted molar refractivity (Wildman–Crippen MR) is 91.5 cm³/mol. The molecule has 3 unspecified atom stereocenters. The zero-order chi connectivity index (χ0) is 15.0. The van der Waals surface area contributed by atoms with Crippen molar-refractivity contribution in [1.82, 2.24) is 0 Å². The fraction of sp³-hybridized carbons (Fsp3) is 0.500. The van der Waals surface area contributed by atoms with Crippen LogP contribution < -0.4 is 5.73 Å². The Morgan fingerprint density at radius 3 is 2.38 bits per heavy atom. The number of fused-ring (bicyclic) bond motifs is 1. The zero-order valence-corrected chi connectivity index (χ0v) is 13.5. The van der Waals surface area contributed by atoms with Crippen LogP contribution >= 0.6 is 0 Å². The van der Waals surface area contributed by atoms with Gasteiger partial charge in [-0.3, -0.25) is 0 Å². The lowest BCUT2D eigenvalue weighted by Crippen LogP contribution is -2.38. The van der Waals surface area contributed by atoms with Gasteiger partial charge in [0.05, 0.1) is 0 Å². The van der Waals surface area contributed by atoms with E-state index >= 15 is 0 Å². The monoisotopic (exact) mass is 281 g/mol. The predicted octanol–water partition coefficient (Wildman–Crippen LogP) is 5.10. The van der Waals surface area contributed by atoms with Gasteiger partial charge in [0.1, 0.15) is 0 Å². The van der Waals surface area contributed by atoms with E-state index in [0.717, 1.165) is 12.3 Å². The molecule has 0 spiro atoms. The molecule has 21 heavy (non-hydrogen) atoms. The average Bonchev–Trinajstić information content (AvgIpc) is 2.46. The van der Waals surface area contributed by atoms with Crippen molar-refractivity contribution in [2.45, 2.75) is 52.0 Å². The molecule has 2 aromatic carbocycles. The second-order valence-electron chi connectivity index (χ2n) is 7.75. The van der Waals surface area contributed by atoms with Crippen LogP contribution in [-0.2, 0) is 0 Å². The Bertz CT molecular complexity index is 623. The van der Waals surface area contributed by atoms with Crippen molar-refractivity contribution in [3.63, 3.8) is 0 Å². The van der Waals surface area contributed by atoms with Gasteiger partial charge >= 0.3 is 0 Å². The molecular formula is C20H27N. The summed E-state index contributed by atoms with van der Waals surface area (Å²) in [5.74, 6) is 1.28. The van der Waals surface area contributed by atoms with Gasteiger partial charge in [0, 0.05) is 6.04 Å². The highest BCUT2D eigenvalue weighted by Gasteiger charge is 2.35. The maximum Gasteiger partial charge on any atom is 0.0108 e. The quantitative estimate of drug-likeness (QED) is 0.773. The molecule has 1 aliphatic rings. The molecule has 0 aliphatic heterocycles. The van der Waals surface area contributed by atoms with E-state index in [9.17, 15) is 0 Å². The summed E-state index contributed by atoms with van der Waals surface area (Å²) in [6.07, 6.45) is 3.65. The highest BCUT2D eigenvalue weighted by molar-refractivity contribution is 5.83. The lowest BCUT2D eigenvalue weighted by molar-refractivity contribution is 0.154. The maximum atomic E-state index is 6.46. The smallest absolute Gasteiger partial charge is 0.0108 e. The largest absolute Gasteiger partial charge is 0.327 e. The topological polar surface area (TPSA) is 26.0 Å². The van der Waals surface area contributed by atoms with Crippen LogP contribution in [0.4, 0.5) is 0 Å². The van der Waals surface area contributed by atoms with E-state index in [4.69, 9.17) is 5.73 Å². The van der Waals surface area contributed by atoms with E-state index in [1.165, 1.54) is 29.2 Å². The third kappa shape index (κ3) is 2.98. The molecule has 0 radical (unpaired) electrons. The van der Waals surface area contributed by atoms with Crippen LogP contribution in [0.2, 0.25) is 0 Å². The van der Waals surface area contributed by atoms with Crippen molar-refractivity contribution >= 4 is 10.8 Å². The van der Waals surface area contributed by atoms with Crippen LogP contribution in [-0.4, -0.2) is 6.04 Å². The maximum absolute atomic E-state index is 6.46. The van der Waals surface area contributed by atoms with Gasteiger partial charge in [0.25, 0.3) is 0 Å². The molecule has 1 saturated carbocycles. The number of nitrogens with two attached hydrogens (primary N) is 1. The number of hydrogen-bond acceptors (Lipinski definition) is 1. The highest BCUT2D eigenvalue weighted by atomic mass is 14.7. The minimum Gasteiger partial charge on any atom is -0.327 e. The van der Waals surface area contributed by atoms with E-state index in [1.807, 2.05) is 0 Å². The average molecular weight is 281 g/mol. The molecule has 0 heterocycles. The third-order valence-electron chi connectivity index (χ3n) is 5.33. The Balaban J connectivity index is 1.92. The minimum absolute atomic E-state index is 0.310. The Morgan fingerprint density at radius 2 is 1.67 bits per heavy atom. The summed E-state index contributed by atoms with van der Waals surface area (Å²) in [5, 5.41) is 2.65. The Morgan fingerprint density at radius 1 is 0.952 bits per heavy atom. The first-order valence-electron chi connectivity index (χ1n) is 8.19. The van der Waals surface area contributed by atoms with Crippen LogP contribution in [0.1, 0.15) is 51.5 Å². The lowest BCUT2D eigenvalue weighted by atomic mass is 9.66. The molecule has 1 nitrogen and oxygen atoms in total. The molecule has 0 bridgehead atoms. The van der Waals surface area contributed by atoms with Crippen molar-refractivity contribution in [2.75, 3.05) is 0 Å². The van der Waals surface area contributed by atoms with Crippen LogP contribution in [0, 0.1) is 11.3 Å². The summed E-state index contributed by atoms with van der Waals surface area (Å²) < 4.78 is 0. The first-order valence-corrected chi connectivity index (χ1v) is 8.19. The molecule has 3 atom stereocenters. The Kier molecular flexibility index (Phi) is 3.79. The summed E-state index contributed by atoms with van der Waals surface area (Å²) in [6, 6.07) is 15.8. The third-order valence-corrected chi connectivity index (χ3v) is 5.33. The molecule has 1 heteroatoms. The Labute approximate surface area is 128 Å². The molecular weight excluding hydrogens is 254 g/mol. The van der Waals surface area contributed by atoms with E-state index in [2.05, 4.69) is 63.2 Å². The van der Waals surface area contributed by atoms with Gasteiger partial charge in [-0.2, -0.15) is 0 Å². The molecule has 0 aromatic heterocycles. The first-order chi connectivity index (χ1) is 9.95. The second-order valence-corrected chi connectivity index (χ2v) is 7.75. The molecule has 0 saturated heterocycles. The summed E-state index contributed by atoms with van der Waals surface area (Å²) >= 11 is 0. The van der Waals surface area contributed by atoms with E-state index < -0.39 is 0 Å². The van der Waals surface area contributed by atoms with Crippen LogP contribution in [0.25, 0.3) is 10.8 Å². The van der Waals surface area contributed by atoms with Crippen LogP contribution in [0.3, 0.4) is 0 Å². The van der Waals surface area contributed by atoms with E-state index in [1.54, 1.807) is 0 Å². The normalized spacial score (nSPS) is 27.0. The van der Waals surface area contributed by atoms with Gasteiger partial charge < -0.3 is 5.73 Å². The van der Waals surface area contributed by atoms with Crippen LogP contribution in [0.5, 0.6) is 0 Å².